The van der Waals surface area contributed by atoms with E-state index in [-0.39, 0.29) is 0 Å². The SMILES string of the molecule is CCCC1(C(=O)O)CCCN1c1ncccc1C(=O)OC. The molecule has 1 N–H and O–H groups in total. The maximum atomic E-state index is 11.9. The summed E-state index contributed by atoms with van der Waals surface area (Å²) in [5.74, 6) is -0.957. The number of methoxy groups -OCH3 is 1. The van der Waals surface area contributed by atoms with Crippen molar-refractivity contribution in [3.63, 3.8) is 0 Å². The van der Waals surface area contributed by atoms with Crippen LogP contribution in [0, 0.1) is 0 Å². The number of hydrogen-bond donors (Lipinski definition) is 1. The molecule has 0 radical (unpaired) electrons. The Morgan fingerprint density at radius 2 is 2.29 bits per heavy atom. The van der Waals surface area contributed by atoms with Crippen molar-refractivity contribution < 1.29 is 19.4 Å². The normalized spacial score (nSPS) is 21.3. The fraction of sp³-hybridized carbons (Fsp3) is 0.533. The predicted octanol–water partition coefficient (Wildman–Crippen LogP) is 2.09. The molecule has 0 saturated carbocycles. The molecule has 0 amide bonds. The molecule has 114 valence electrons. The standard InChI is InChI=1S/C15H20N2O4/c1-3-7-15(14(19)20)8-5-10-17(15)12-11(13(18)21-2)6-4-9-16-12/h4,6,9H,3,5,7-8,10H2,1-2H3,(H,19,20). The number of nitrogens with zero attached hydrogens (tertiary/aromatic N) is 2. The van der Waals surface area contributed by atoms with Gasteiger partial charge in [-0.2, -0.15) is 0 Å². The summed E-state index contributed by atoms with van der Waals surface area (Å²) in [5, 5.41) is 9.73. The van der Waals surface area contributed by atoms with E-state index in [1.807, 2.05) is 6.92 Å². The van der Waals surface area contributed by atoms with Gasteiger partial charge in [-0.25, -0.2) is 14.6 Å². The van der Waals surface area contributed by atoms with Gasteiger partial charge in [-0.15, -0.1) is 0 Å². The number of aromatic nitrogens is 1. The summed E-state index contributed by atoms with van der Waals surface area (Å²) in [5.41, 5.74) is -0.671. The minimum absolute atomic E-state index is 0.309. The third-order valence-electron chi connectivity index (χ3n) is 4.00. The summed E-state index contributed by atoms with van der Waals surface area (Å²) in [6, 6.07) is 3.26. The fourth-order valence-corrected chi connectivity index (χ4v) is 3.07. The van der Waals surface area contributed by atoms with Crippen LogP contribution in [0.25, 0.3) is 0 Å². The second-order valence-electron chi connectivity index (χ2n) is 5.21. The zero-order valence-electron chi connectivity index (χ0n) is 12.3. The minimum atomic E-state index is -0.980. The molecule has 2 heterocycles. The Bertz CT molecular complexity index is 546. The second-order valence-corrected chi connectivity index (χ2v) is 5.21. The van der Waals surface area contributed by atoms with Crippen molar-refractivity contribution in [3.8, 4) is 0 Å². The minimum Gasteiger partial charge on any atom is -0.479 e. The third-order valence-corrected chi connectivity index (χ3v) is 4.00. The predicted molar refractivity (Wildman–Crippen MR) is 77.4 cm³/mol. The van der Waals surface area contributed by atoms with Gasteiger partial charge < -0.3 is 14.7 Å². The van der Waals surface area contributed by atoms with Gasteiger partial charge >= 0.3 is 11.9 Å². The summed E-state index contributed by atoms with van der Waals surface area (Å²) in [4.78, 5) is 29.8. The zero-order valence-corrected chi connectivity index (χ0v) is 12.3. The number of pyridine rings is 1. The first-order chi connectivity index (χ1) is 10.1. The summed E-state index contributed by atoms with van der Waals surface area (Å²) >= 11 is 0. The van der Waals surface area contributed by atoms with Crippen LogP contribution >= 0.6 is 0 Å². The Kier molecular flexibility index (Phi) is 4.45. The Morgan fingerprint density at radius 3 is 2.90 bits per heavy atom. The zero-order chi connectivity index (χ0) is 15.5. The van der Waals surface area contributed by atoms with E-state index < -0.39 is 17.5 Å². The lowest BCUT2D eigenvalue weighted by molar-refractivity contribution is -0.143. The number of ether oxygens (including phenoxy) is 1. The molecule has 1 aromatic heterocycles. The summed E-state index contributed by atoms with van der Waals surface area (Å²) < 4.78 is 4.77. The monoisotopic (exact) mass is 292 g/mol. The average molecular weight is 292 g/mol. The Morgan fingerprint density at radius 1 is 1.52 bits per heavy atom. The Balaban J connectivity index is 2.49. The summed E-state index contributed by atoms with van der Waals surface area (Å²) in [7, 11) is 1.31. The van der Waals surface area contributed by atoms with Crippen LogP contribution in [0.3, 0.4) is 0 Å². The van der Waals surface area contributed by atoms with E-state index >= 15 is 0 Å². The molecule has 2 rings (SSSR count). The van der Waals surface area contributed by atoms with E-state index in [9.17, 15) is 14.7 Å². The van der Waals surface area contributed by atoms with Crippen LogP contribution in [0.4, 0.5) is 5.82 Å². The number of carbonyl (C=O) groups excluding carboxylic acids is 1. The van der Waals surface area contributed by atoms with E-state index in [1.54, 1.807) is 23.2 Å². The first kappa shape index (κ1) is 15.3. The maximum absolute atomic E-state index is 11.9. The highest BCUT2D eigenvalue weighted by atomic mass is 16.5. The lowest BCUT2D eigenvalue weighted by Gasteiger charge is -2.36. The highest BCUT2D eigenvalue weighted by Crippen LogP contribution is 2.38. The van der Waals surface area contributed by atoms with Gasteiger partial charge in [-0.3, -0.25) is 0 Å². The largest absolute Gasteiger partial charge is 0.479 e. The molecule has 0 aliphatic carbocycles. The molecule has 1 fully saturated rings. The molecule has 1 aliphatic heterocycles. The van der Waals surface area contributed by atoms with E-state index in [1.165, 1.54) is 7.11 Å². The molecule has 1 unspecified atom stereocenters. The molecule has 0 spiro atoms. The van der Waals surface area contributed by atoms with Crippen molar-refractivity contribution >= 4 is 17.8 Å². The van der Waals surface area contributed by atoms with Crippen LogP contribution in [-0.4, -0.2) is 41.2 Å². The fourth-order valence-electron chi connectivity index (χ4n) is 3.07. The van der Waals surface area contributed by atoms with Crippen molar-refractivity contribution in [2.75, 3.05) is 18.6 Å². The Labute approximate surface area is 123 Å². The van der Waals surface area contributed by atoms with Gasteiger partial charge in [-0.05, 0) is 31.4 Å². The van der Waals surface area contributed by atoms with E-state index in [2.05, 4.69) is 4.98 Å². The van der Waals surface area contributed by atoms with Crippen molar-refractivity contribution in [2.45, 2.75) is 38.1 Å². The Hall–Kier alpha value is -2.11. The van der Waals surface area contributed by atoms with Crippen molar-refractivity contribution in [1.82, 2.24) is 4.98 Å². The van der Waals surface area contributed by atoms with Crippen LogP contribution in [0.2, 0.25) is 0 Å². The molecular formula is C15H20N2O4. The number of hydrogen-bond acceptors (Lipinski definition) is 5. The van der Waals surface area contributed by atoms with Gasteiger partial charge in [0.05, 0.1) is 7.11 Å². The smallest absolute Gasteiger partial charge is 0.341 e. The maximum Gasteiger partial charge on any atom is 0.341 e. The number of carboxylic acids is 1. The van der Waals surface area contributed by atoms with Crippen LogP contribution in [0.1, 0.15) is 43.0 Å². The molecule has 1 saturated heterocycles. The molecule has 0 bridgehead atoms. The molecule has 1 atom stereocenters. The highest BCUT2D eigenvalue weighted by Gasteiger charge is 2.48. The number of carbonyl (C=O) groups is 2. The van der Waals surface area contributed by atoms with Gasteiger partial charge in [-0.1, -0.05) is 13.3 Å². The lowest BCUT2D eigenvalue weighted by Crippen LogP contribution is -2.51. The third kappa shape index (κ3) is 2.57. The number of rotatable bonds is 5. The van der Waals surface area contributed by atoms with E-state index in [0.717, 1.165) is 12.8 Å². The molecular weight excluding hydrogens is 272 g/mol. The van der Waals surface area contributed by atoms with Gasteiger partial charge in [0.25, 0.3) is 0 Å². The van der Waals surface area contributed by atoms with Crippen LogP contribution < -0.4 is 4.90 Å². The van der Waals surface area contributed by atoms with Gasteiger partial charge in [0.15, 0.2) is 0 Å². The number of aliphatic carboxylic acids is 1. The van der Waals surface area contributed by atoms with Crippen LogP contribution in [0.5, 0.6) is 0 Å². The van der Waals surface area contributed by atoms with Crippen LogP contribution in [-0.2, 0) is 9.53 Å². The highest BCUT2D eigenvalue weighted by molar-refractivity contribution is 5.96. The van der Waals surface area contributed by atoms with Gasteiger partial charge in [0, 0.05) is 12.7 Å². The summed E-state index contributed by atoms with van der Waals surface area (Å²) in [6.07, 6.45) is 4.18. The summed E-state index contributed by atoms with van der Waals surface area (Å²) in [6.45, 7) is 2.54. The van der Waals surface area contributed by atoms with E-state index in [0.29, 0.717) is 30.8 Å². The quantitative estimate of drug-likeness (QED) is 0.837. The van der Waals surface area contributed by atoms with E-state index in [4.69, 9.17) is 4.74 Å². The van der Waals surface area contributed by atoms with Crippen LogP contribution in [0.15, 0.2) is 18.3 Å². The van der Waals surface area contributed by atoms with Crippen molar-refractivity contribution in [1.29, 1.82) is 0 Å². The number of carboxylic acid groups (broad SMARTS) is 1. The van der Waals surface area contributed by atoms with Gasteiger partial charge in [0.2, 0.25) is 0 Å². The number of anilines is 1. The van der Waals surface area contributed by atoms with Gasteiger partial charge in [0.1, 0.15) is 16.9 Å². The molecule has 1 aromatic rings. The molecule has 0 aromatic carbocycles. The second kappa shape index (κ2) is 6.11. The van der Waals surface area contributed by atoms with Crippen molar-refractivity contribution in [2.24, 2.45) is 0 Å². The topological polar surface area (TPSA) is 79.7 Å². The lowest BCUT2D eigenvalue weighted by atomic mass is 9.90. The molecule has 21 heavy (non-hydrogen) atoms. The molecule has 6 heteroatoms. The first-order valence-corrected chi connectivity index (χ1v) is 7.11. The average Bonchev–Trinajstić information content (AvgIpc) is 2.92. The molecule has 1 aliphatic rings. The van der Waals surface area contributed by atoms with Crippen molar-refractivity contribution in [3.05, 3.63) is 23.9 Å². The first-order valence-electron chi connectivity index (χ1n) is 7.11. The molecule has 6 nitrogen and oxygen atoms in total. The number of esters is 1.